The fourth-order valence-electron chi connectivity index (χ4n) is 3.37. The van der Waals surface area contributed by atoms with Crippen LogP contribution in [0, 0.1) is 5.82 Å². The highest BCUT2D eigenvalue weighted by atomic mass is 19.1. The standard InChI is InChI=1S/C24H18FNO3/c1-29-19-9-5-6-16(12-19)14-26-15-21(23(27)17-7-3-2-4-8-17)24(28)20-13-18(25)10-11-22(20)26/h2-13,15H,14H2,1H3. The number of benzene rings is 3. The predicted molar refractivity (Wildman–Crippen MR) is 110 cm³/mol. The first kappa shape index (κ1) is 18.6. The van der Waals surface area contributed by atoms with Crippen molar-refractivity contribution in [3.63, 3.8) is 0 Å². The van der Waals surface area contributed by atoms with E-state index in [1.807, 2.05) is 24.3 Å². The van der Waals surface area contributed by atoms with Crippen LogP contribution in [-0.2, 0) is 6.54 Å². The summed E-state index contributed by atoms with van der Waals surface area (Å²) < 4.78 is 20.9. The molecule has 1 heterocycles. The maximum Gasteiger partial charge on any atom is 0.200 e. The number of aromatic nitrogens is 1. The predicted octanol–water partition coefficient (Wildman–Crippen LogP) is 4.43. The molecule has 0 atom stereocenters. The Bertz CT molecular complexity index is 1260. The molecule has 0 radical (unpaired) electrons. The van der Waals surface area contributed by atoms with Crippen LogP contribution in [0.2, 0.25) is 0 Å². The molecule has 0 N–H and O–H groups in total. The quantitative estimate of drug-likeness (QED) is 0.476. The van der Waals surface area contributed by atoms with E-state index in [9.17, 15) is 14.0 Å². The molecule has 0 aliphatic carbocycles. The molecule has 0 saturated heterocycles. The highest BCUT2D eigenvalue weighted by Gasteiger charge is 2.17. The van der Waals surface area contributed by atoms with Crippen molar-refractivity contribution in [3.8, 4) is 5.75 Å². The van der Waals surface area contributed by atoms with E-state index in [4.69, 9.17) is 4.74 Å². The van der Waals surface area contributed by atoms with Crippen LogP contribution in [0.5, 0.6) is 5.75 Å². The largest absolute Gasteiger partial charge is 0.497 e. The number of rotatable bonds is 5. The second-order valence-corrected chi connectivity index (χ2v) is 6.71. The Labute approximate surface area is 166 Å². The Morgan fingerprint density at radius 3 is 2.55 bits per heavy atom. The number of ether oxygens (including phenoxy) is 1. The number of carbonyl (C=O) groups is 1. The van der Waals surface area contributed by atoms with Crippen molar-refractivity contribution < 1.29 is 13.9 Å². The fourth-order valence-corrected chi connectivity index (χ4v) is 3.37. The molecule has 0 aliphatic rings. The van der Waals surface area contributed by atoms with Gasteiger partial charge in [0.1, 0.15) is 11.6 Å². The summed E-state index contributed by atoms with van der Waals surface area (Å²) >= 11 is 0. The summed E-state index contributed by atoms with van der Waals surface area (Å²) in [6.45, 7) is 0.398. The second-order valence-electron chi connectivity index (χ2n) is 6.71. The smallest absolute Gasteiger partial charge is 0.200 e. The average Bonchev–Trinajstić information content (AvgIpc) is 2.76. The van der Waals surface area contributed by atoms with Crippen LogP contribution >= 0.6 is 0 Å². The van der Waals surface area contributed by atoms with Crippen molar-refractivity contribution in [2.45, 2.75) is 6.54 Å². The minimum Gasteiger partial charge on any atom is -0.497 e. The molecule has 0 unspecified atom stereocenters. The molecule has 4 aromatic rings. The lowest BCUT2D eigenvalue weighted by atomic mass is 10.0. The topological polar surface area (TPSA) is 48.3 Å². The van der Waals surface area contributed by atoms with Crippen LogP contribution in [-0.4, -0.2) is 17.5 Å². The summed E-state index contributed by atoms with van der Waals surface area (Å²) in [5.74, 6) is -0.201. The van der Waals surface area contributed by atoms with E-state index >= 15 is 0 Å². The SMILES string of the molecule is COc1cccc(Cn2cc(C(=O)c3ccccc3)c(=O)c3cc(F)ccc32)c1. The Hall–Kier alpha value is -3.73. The highest BCUT2D eigenvalue weighted by Crippen LogP contribution is 2.19. The maximum atomic E-state index is 13.9. The van der Waals surface area contributed by atoms with Gasteiger partial charge >= 0.3 is 0 Å². The number of hydrogen-bond acceptors (Lipinski definition) is 3. The van der Waals surface area contributed by atoms with Crippen LogP contribution in [0.25, 0.3) is 10.9 Å². The lowest BCUT2D eigenvalue weighted by Gasteiger charge is -2.14. The molecule has 0 bridgehead atoms. The van der Waals surface area contributed by atoms with Crippen LogP contribution in [0.4, 0.5) is 4.39 Å². The van der Waals surface area contributed by atoms with Crippen LogP contribution < -0.4 is 10.2 Å². The Kier molecular flexibility index (Phi) is 4.96. The van der Waals surface area contributed by atoms with Crippen molar-refractivity contribution in [2.24, 2.45) is 0 Å². The van der Waals surface area contributed by atoms with Crippen molar-refractivity contribution in [1.29, 1.82) is 0 Å². The first-order valence-electron chi connectivity index (χ1n) is 9.12. The zero-order valence-electron chi connectivity index (χ0n) is 15.8. The summed E-state index contributed by atoms with van der Waals surface area (Å²) in [5.41, 5.74) is 1.43. The van der Waals surface area contributed by atoms with Gasteiger partial charge in [-0.15, -0.1) is 0 Å². The summed E-state index contributed by atoms with van der Waals surface area (Å²) in [4.78, 5) is 26.0. The van der Waals surface area contributed by atoms with Gasteiger partial charge < -0.3 is 9.30 Å². The van der Waals surface area contributed by atoms with E-state index in [0.717, 1.165) is 5.56 Å². The first-order chi connectivity index (χ1) is 14.1. The third-order valence-corrected chi connectivity index (χ3v) is 4.81. The lowest BCUT2D eigenvalue weighted by Crippen LogP contribution is -2.20. The molecule has 4 nitrogen and oxygen atoms in total. The van der Waals surface area contributed by atoms with E-state index < -0.39 is 11.2 Å². The van der Waals surface area contributed by atoms with E-state index in [0.29, 0.717) is 23.4 Å². The van der Waals surface area contributed by atoms with Crippen molar-refractivity contribution >= 4 is 16.7 Å². The zero-order valence-corrected chi connectivity index (χ0v) is 15.8. The third-order valence-electron chi connectivity index (χ3n) is 4.81. The summed E-state index contributed by atoms with van der Waals surface area (Å²) in [5, 5.41) is 0.176. The van der Waals surface area contributed by atoms with Gasteiger partial charge in [0.2, 0.25) is 5.43 Å². The van der Waals surface area contributed by atoms with Crippen LogP contribution in [0.3, 0.4) is 0 Å². The maximum absolute atomic E-state index is 13.9. The monoisotopic (exact) mass is 387 g/mol. The van der Waals surface area contributed by atoms with Gasteiger partial charge in [0.05, 0.1) is 18.2 Å². The molecule has 0 spiro atoms. The summed E-state index contributed by atoms with van der Waals surface area (Å²) in [6.07, 6.45) is 1.55. The number of carbonyl (C=O) groups excluding carboxylic acids is 1. The molecule has 5 heteroatoms. The summed E-state index contributed by atoms with van der Waals surface area (Å²) in [6, 6.07) is 20.2. The first-order valence-corrected chi connectivity index (χ1v) is 9.12. The van der Waals surface area contributed by atoms with Gasteiger partial charge in [0.15, 0.2) is 5.78 Å². The van der Waals surface area contributed by atoms with Gasteiger partial charge in [-0.2, -0.15) is 0 Å². The Morgan fingerprint density at radius 2 is 1.79 bits per heavy atom. The minimum absolute atomic E-state index is 0.0113. The normalized spacial score (nSPS) is 10.8. The minimum atomic E-state index is -0.521. The van der Waals surface area contributed by atoms with E-state index in [2.05, 4.69) is 0 Å². The van der Waals surface area contributed by atoms with Crippen LogP contribution in [0.1, 0.15) is 21.5 Å². The average molecular weight is 387 g/mol. The van der Waals surface area contributed by atoms with Gasteiger partial charge in [0, 0.05) is 23.7 Å². The zero-order chi connectivity index (χ0) is 20.4. The van der Waals surface area contributed by atoms with Crippen molar-refractivity contribution in [2.75, 3.05) is 7.11 Å². The molecule has 0 fully saturated rings. The summed E-state index contributed by atoms with van der Waals surface area (Å²) in [7, 11) is 1.59. The molecule has 29 heavy (non-hydrogen) atoms. The van der Waals surface area contributed by atoms with E-state index in [1.54, 1.807) is 54.3 Å². The number of pyridine rings is 1. The molecule has 0 aliphatic heterocycles. The van der Waals surface area contributed by atoms with Gasteiger partial charge in [-0.1, -0.05) is 42.5 Å². The molecular formula is C24H18FNO3. The van der Waals surface area contributed by atoms with Crippen molar-refractivity contribution in [3.05, 3.63) is 112 Å². The molecule has 3 aromatic carbocycles. The molecule has 0 amide bonds. The molecule has 144 valence electrons. The van der Waals surface area contributed by atoms with Crippen molar-refractivity contribution in [1.82, 2.24) is 4.57 Å². The third kappa shape index (κ3) is 3.67. The molecule has 0 saturated carbocycles. The molecule has 1 aromatic heterocycles. The number of ketones is 1. The number of hydrogen-bond donors (Lipinski definition) is 0. The highest BCUT2D eigenvalue weighted by molar-refractivity contribution is 6.10. The Balaban J connectivity index is 1.90. The van der Waals surface area contributed by atoms with E-state index in [-0.39, 0.29) is 16.7 Å². The van der Waals surface area contributed by atoms with E-state index in [1.165, 1.54) is 12.1 Å². The number of fused-ring (bicyclic) bond motifs is 1. The van der Waals surface area contributed by atoms with Gasteiger partial charge in [-0.05, 0) is 35.9 Å². The Morgan fingerprint density at radius 1 is 1.00 bits per heavy atom. The fraction of sp³-hybridized carbons (Fsp3) is 0.0833. The van der Waals surface area contributed by atoms with Gasteiger partial charge in [-0.25, -0.2) is 4.39 Å². The number of methoxy groups -OCH3 is 1. The number of halogens is 1. The van der Waals surface area contributed by atoms with Crippen LogP contribution in [0.15, 0.2) is 83.8 Å². The number of nitrogens with zero attached hydrogens (tertiary/aromatic N) is 1. The molecular weight excluding hydrogens is 369 g/mol. The van der Waals surface area contributed by atoms with Gasteiger partial charge in [-0.3, -0.25) is 9.59 Å². The van der Waals surface area contributed by atoms with Gasteiger partial charge in [0.25, 0.3) is 0 Å². The second kappa shape index (κ2) is 7.72. The molecule has 4 rings (SSSR count). The lowest BCUT2D eigenvalue weighted by molar-refractivity contribution is 0.103.